The van der Waals surface area contributed by atoms with E-state index in [4.69, 9.17) is 72.0 Å². The van der Waals surface area contributed by atoms with Crippen LogP contribution in [0.2, 0.25) is 0 Å². The maximum absolute atomic E-state index is 11.6. The number of aliphatic hydroxyl groups excluding tert-OH is 19. The molecule has 34 nitrogen and oxygen atoms in total. The Kier molecular flexibility index (Phi) is 22.9. The summed E-state index contributed by atoms with van der Waals surface area (Å²) in [5, 5.41) is 212. The molecule has 0 spiro atoms. The standard InChI is InChI=1S/C45H77NO33S/c1-2-11-32-18(52)25(59)39(66-11)74-33-12(5-47)68-41(27(61)20(33)54)76-35-14(7-49)69-42(28(62)21(35)55)77-36-15(8-50)71-44(30(64)23(36)57)79-38-17(10-80-4-3-46)72-45(31(65)24(38)58)78-37-16(9-51)70-43(29(63)22(37)56)75-34-13(6-48)67-40(73-32)26(60)19(34)53/h11-45,47-65H,2-10,46H2,1H3/t11?,12?,13?,14?,15?,16?,17?,18-,19-,20-,21-,22-,23-,24-,25?,26?,27?,28?,29?,30?,31?,32+,33+,34+,35+,36+,37+,38+,39-,40+,41+,42+,43-,44+,45+/m1/s1. The van der Waals surface area contributed by atoms with Gasteiger partial charge in [-0.2, -0.15) is 11.8 Å². The predicted octanol–water partition coefficient (Wildman–Crippen LogP) is -13.1. The number of thioether (sulfide) groups is 1. The molecule has 14 unspecified atom stereocenters. The van der Waals surface area contributed by atoms with Crippen LogP contribution in [0.5, 0.6) is 0 Å². The van der Waals surface area contributed by atoms with Crippen LogP contribution in [0.3, 0.4) is 0 Å². The van der Waals surface area contributed by atoms with Crippen LogP contribution in [0.4, 0.5) is 0 Å². The highest BCUT2D eigenvalue weighted by molar-refractivity contribution is 7.99. The van der Waals surface area contributed by atoms with Crippen LogP contribution in [-0.2, 0) is 66.3 Å². The van der Waals surface area contributed by atoms with E-state index in [1.807, 2.05) is 0 Å². The summed E-state index contributed by atoms with van der Waals surface area (Å²) in [4.78, 5) is 0. The van der Waals surface area contributed by atoms with Crippen LogP contribution in [0.25, 0.3) is 0 Å². The maximum atomic E-state index is 11.6. The topological polar surface area (TPSA) is 540 Å². The molecule has 21 N–H and O–H groups in total. The molecular weight excluding hydrogens is 1110 g/mol. The number of aliphatic hydroxyl groups is 19. The number of rotatable bonds is 10. The molecule has 0 amide bonds. The van der Waals surface area contributed by atoms with Crippen molar-refractivity contribution in [1.29, 1.82) is 0 Å². The van der Waals surface area contributed by atoms with E-state index in [0.29, 0.717) is 5.75 Å². The molecular formula is C45H77NO33S. The van der Waals surface area contributed by atoms with Crippen molar-refractivity contribution >= 4 is 11.8 Å². The number of hydrogen-bond donors (Lipinski definition) is 20. The zero-order chi connectivity index (χ0) is 58.2. The molecule has 0 aliphatic carbocycles. The second-order valence-electron chi connectivity index (χ2n) is 20.6. The van der Waals surface area contributed by atoms with Gasteiger partial charge in [0.25, 0.3) is 0 Å². The van der Waals surface area contributed by atoms with Crippen molar-refractivity contribution in [1.82, 2.24) is 0 Å². The van der Waals surface area contributed by atoms with Crippen molar-refractivity contribution in [3.63, 3.8) is 0 Å². The van der Waals surface area contributed by atoms with Crippen molar-refractivity contribution in [2.24, 2.45) is 5.73 Å². The average molecular weight is 1190 g/mol. The first-order valence-electron chi connectivity index (χ1n) is 26.2. The Bertz CT molecular complexity index is 1880. The first-order chi connectivity index (χ1) is 38.2. The molecule has 35 atom stereocenters. The van der Waals surface area contributed by atoms with E-state index in [9.17, 15) is 97.0 Å². The normalized spacial score (nSPS) is 53.7. The average Bonchev–Trinajstić information content (AvgIpc) is 3.50. The van der Waals surface area contributed by atoms with Gasteiger partial charge in [-0.3, -0.25) is 0 Å². The zero-order valence-electron chi connectivity index (χ0n) is 42.8. The molecule has 21 aliphatic rings. The Balaban J connectivity index is 1.09. The van der Waals surface area contributed by atoms with Crippen molar-refractivity contribution in [2.45, 2.75) is 228 Å². The summed E-state index contributed by atoms with van der Waals surface area (Å²) in [5.41, 5.74) is 5.71. The highest BCUT2D eigenvalue weighted by atomic mass is 32.2. The van der Waals surface area contributed by atoms with Gasteiger partial charge in [-0.05, 0) is 6.42 Å². The quantitative estimate of drug-likeness (QED) is 0.0903. The van der Waals surface area contributed by atoms with E-state index in [0.717, 1.165) is 11.8 Å². The highest BCUT2D eigenvalue weighted by Crippen LogP contribution is 2.39. The largest absolute Gasteiger partial charge is 0.394 e. The number of ether oxygens (including phenoxy) is 14. The molecule has 0 aromatic heterocycles. The summed E-state index contributed by atoms with van der Waals surface area (Å²) in [6, 6.07) is 0. The van der Waals surface area contributed by atoms with Gasteiger partial charge in [0.1, 0.15) is 159 Å². The van der Waals surface area contributed by atoms with Gasteiger partial charge in [0.05, 0.1) is 45.2 Å². The fourth-order valence-corrected chi connectivity index (χ4v) is 11.7. The molecule has 21 rings (SSSR count). The minimum atomic E-state index is -2.17. The molecule has 0 aromatic rings. The molecule has 0 saturated carbocycles. The summed E-state index contributed by atoms with van der Waals surface area (Å²) < 4.78 is 81.7. The van der Waals surface area contributed by atoms with E-state index >= 15 is 0 Å². The molecule has 21 fully saturated rings. The number of nitrogens with two attached hydrogens (primary N) is 1. The third-order valence-corrected chi connectivity index (χ3v) is 16.5. The van der Waals surface area contributed by atoms with Crippen LogP contribution in [0.1, 0.15) is 13.3 Å². The van der Waals surface area contributed by atoms with Crippen LogP contribution in [0.15, 0.2) is 0 Å². The Morgan fingerprint density at radius 2 is 0.463 bits per heavy atom. The molecule has 80 heavy (non-hydrogen) atoms. The summed E-state index contributed by atoms with van der Waals surface area (Å²) in [6.07, 6.45) is -66.6. The molecule has 0 radical (unpaired) electrons. The van der Waals surface area contributed by atoms with E-state index in [2.05, 4.69) is 0 Å². The lowest BCUT2D eigenvalue weighted by molar-refractivity contribution is -0.395. The number of hydrogen-bond acceptors (Lipinski definition) is 35. The van der Waals surface area contributed by atoms with Gasteiger partial charge in [-0.1, -0.05) is 6.92 Å². The molecule has 21 aliphatic heterocycles. The summed E-state index contributed by atoms with van der Waals surface area (Å²) in [5.74, 6) is 0.209. The van der Waals surface area contributed by atoms with Crippen LogP contribution < -0.4 is 5.73 Å². The van der Waals surface area contributed by atoms with Gasteiger partial charge in [-0.15, -0.1) is 0 Å². The van der Waals surface area contributed by atoms with Gasteiger partial charge >= 0.3 is 0 Å². The van der Waals surface area contributed by atoms with Crippen LogP contribution in [0, 0.1) is 0 Å². The van der Waals surface area contributed by atoms with E-state index < -0.39 is 248 Å². The zero-order valence-corrected chi connectivity index (χ0v) is 43.6. The third kappa shape index (κ3) is 13.1. The molecule has 21 saturated heterocycles. The van der Waals surface area contributed by atoms with E-state index in [-0.39, 0.29) is 18.7 Å². The Hall–Kier alpha value is -1.01. The fourth-order valence-electron chi connectivity index (χ4n) is 10.9. The van der Waals surface area contributed by atoms with E-state index in [1.54, 1.807) is 6.92 Å². The molecule has 0 aromatic carbocycles. The monoisotopic (exact) mass is 1190 g/mol. The molecule has 466 valence electrons. The molecule has 14 bridgehead atoms. The van der Waals surface area contributed by atoms with Gasteiger partial charge in [0, 0.05) is 18.1 Å². The summed E-state index contributed by atoms with van der Waals surface area (Å²) in [6.45, 7) is -3.29. The maximum Gasteiger partial charge on any atom is 0.187 e. The highest BCUT2D eigenvalue weighted by Gasteiger charge is 2.59. The minimum Gasteiger partial charge on any atom is -0.394 e. The van der Waals surface area contributed by atoms with Gasteiger partial charge in [0.2, 0.25) is 0 Å². The Labute approximate surface area is 459 Å². The second-order valence-corrected chi connectivity index (χ2v) is 21.7. The van der Waals surface area contributed by atoms with Crippen LogP contribution >= 0.6 is 11.8 Å². The molecule has 35 heteroatoms. The smallest absolute Gasteiger partial charge is 0.187 e. The van der Waals surface area contributed by atoms with Gasteiger partial charge < -0.3 is 169 Å². The SMILES string of the molecule is CCC1O[C@@H]2O[C@H]3C(CO)O[C@@H](O[C@H]4C(CO)O[C@@H](O[C@H]5C(CO)O[C@@H](O[C@H]6C(CSCCN)O[C@@H](O[C@H]7C(CO)O[C@H](O[C@H]8C(CO)O[C@@H](O[C@@H]1[C@H](O)C2O)C(O)[C@H]8O)C(O)[C@H]7O)C(O)[C@H]6O)C(O)[C@H]5O)C(O)[C@H]4O)C(O)[C@H]3O. The lowest BCUT2D eigenvalue weighted by Crippen LogP contribution is -2.68. The first kappa shape index (κ1) is 65.0. The van der Waals surface area contributed by atoms with Crippen molar-refractivity contribution in [2.75, 3.05) is 51.1 Å². The van der Waals surface area contributed by atoms with Crippen molar-refractivity contribution in [3.8, 4) is 0 Å². The fraction of sp³-hybridized carbons (Fsp3) is 1.00. The summed E-state index contributed by atoms with van der Waals surface area (Å²) in [7, 11) is 0. The Morgan fingerprint density at radius 1 is 0.275 bits per heavy atom. The third-order valence-electron chi connectivity index (χ3n) is 15.4. The van der Waals surface area contributed by atoms with Gasteiger partial charge in [0.15, 0.2) is 44.0 Å². The second kappa shape index (κ2) is 28.2. The lowest BCUT2D eigenvalue weighted by Gasteiger charge is -2.50. The van der Waals surface area contributed by atoms with Crippen molar-refractivity contribution in [3.05, 3.63) is 0 Å². The summed E-state index contributed by atoms with van der Waals surface area (Å²) >= 11 is 1.16. The Morgan fingerprint density at radius 3 is 0.662 bits per heavy atom. The lowest BCUT2D eigenvalue weighted by atomic mass is 9.94. The van der Waals surface area contributed by atoms with Crippen LogP contribution in [-0.4, -0.2) is 363 Å². The van der Waals surface area contributed by atoms with Gasteiger partial charge in [-0.25, -0.2) is 0 Å². The minimum absolute atomic E-state index is 0.0404. The predicted molar refractivity (Wildman–Crippen MR) is 251 cm³/mol. The van der Waals surface area contributed by atoms with E-state index in [1.165, 1.54) is 0 Å². The molecule has 21 heterocycles. The van der Waals surface area contributed by atoms with Crippen molar-refractivity contribution < 1.29 is 163 Å². The first-order valence-corrected chi connectivity index (χ1v) is 27.3.